The van der Waals surface area contributed by atoms with Crippen LogP contribution in [0.2, 0.25) is 0 Å². The van der Waals surface area contributed by atoms with Crippen molar-refractivity contribution < 1.29 is 4.74 Å². The summed E-state index contributed by atoms with van der Waals surface area (Å²) in [5, 5.41) is 0. The lowest BCUT2D eigenvalue weighted by molar-refractivity contribution is 0.416. The number of aromatic amines is 1. The van der Waals surface area contributed by atoms with Gasteiger partial charge in [0.25, 0.3) is 0 Å². The first-order valence-corrected chi connectivity index (χ1v) is 5.57. The van der Waals surface area contributed by atoms with Crippen LogP contribution in [0, 0.1) is 6.92 Å². The number of imidazole rings is 1. The second kappa shape index (κ2) is 4.59. The topological polar surface area (TPSA) is 63.9 Å². The highest BCUT2D eigenvalue weighted by molar-refractivity contribution is 5.67. The third kappa shape index (κ3) is 2.31. The molecule has 0 aliphatic heterocycles. The molecule has 4 heteroatoms. The summed E-state index contributed by atoms with van der Waals surface area (Å²) in [5.41, 5.74) is 8.89. The standard InChI is InChI=1S/C13H17N3O/c1-8-4-5-12(17-3)10(6-8)11-7-15-13(16-11)9(2)14/h4-7,9H,14H2,1-3H3,(H,15,16). The van der Waals surface area contributed by atoms with Gasteiger partial charge in [0.15, 0.2) is 0 Å². The molecule has 0 saturated heterocycles. The number of aryl methyl sites for hydroxylation is 1. The van der Waals surface area contributed by atoms with Gasteiger partial charge >= 0.3 is 0 Å². The number of aromatic nitrogens is 2. The fourth-order valence-corrected chi connectivity index (χ4v) is 1.74. The number of H-pyrrole nitrogens is 1. The van der Waals surface area contributed by atoms with Crippen LogP contribution in [0.1, 0.15) is 24.4 Å². The quantitative estimate of drug-likeness (QED) is 0.852. The molecule has 3 N–H and O–H groups in total. The Bertz CT molecular complexity index is 517. The van der Waals surface area contributed by atoms with Gasteiger partial charge in [-0.2, -0.15) is 0 Å². The van der Waals surface area contributed by atoms with Crippen molar-refractivity contribution in [3.63, 3.8) is 0 Å². The number of methoxy groups -OCH3 is 1. The Hall–Kier alpha value is -1.81. The van der Waals surface area contributed by atoms with E-state index >= 15 is 0 Å². The summed E-state index contributed by atoms with van der Waals surface area (Å²) in [6.07, 6.45) is 1.79. The molecule has 0 saturated carbocycles. The van der Waals surface area contributed by atoms with Crippen molar-refractivity contribution in [3.05, 3.63) is 35.8 Å². The molecule has 0 fully saturated rings. The molecular weight excluding hydrogens is 214 g/mol. The first-order valence-electron chi connectivity index (χ1n) is 5.57. The second-order valence-electron chi connectivity index (χ2n) is 4.17. The maximum absolute atomic E-state index is 5.78. The van der Waals surface area contributed by atoms with Gasteiger partial charge in [0.05, 0.1) is 25.0 Å². The van der Waals surface area contributed by atoms with Crippen molar-refractivity contribution in [3.8, 4) is 17.0 Å². The highest BCUT2D eigenvalue weighted by Gasteiger charge is 2.10. The first-order chi connectivity index (χ1) is 8.11. The van der Waals surface area contributed by atoms with Gasteiger partial charge in [0.1, 0.15) is 11.6 Å². The van der Waals surface area contributed by atoms with Crippen LogP contribution in [0.25, 0.3) is 11.3 Å². The second-order valence-corrected chi connectivity index (χ2v) is 4.17. The van der Waals surface area contributed by atoms with E-state index in [1.807, 2.05) is 26.0 Å². The summed E-state index contributed by atoms with van der Waals surface area (Å²) in [6, 6.07) is 5.94. The summed E-state index contributed by atoms with van der Waals surface area (Å²) in [7, 11) is 1.66. The number of nitrogens with two attached hydrogens (primary N) is 1. The predicted molar refractivity (Wildman–Crippen MR) is 67.9 cm³/mol. The van der Waals surface area contributed by atoms with Crippen molar-refractivity contribution >= 4 is 0 Å². The Morgan fingerprint density at radius 1 is 1.41 bits per heavy atom. The number of hydrogen-bond acceptors (Lipinski definition) is 3. The normalized spacial score (nSPS) is 12.5. The number of benzene rings is 1. The lowest BCUT2D eigenvalue weighted by Crippen LogP contribution is -2.06. The summed E-state index contributed by atoms with van der Waals surface area (Å²) in [4.78, 5) is 7.48. The van der Waals surface area contributed by atoms with Crippen molar-refractivity contribution in [2.24, 2.45) is 5.73 Å². The minimum Gasteiger partial charge on any atom is -0.496 e. The smallest absolute Gasteiger partial charge is 0.128 e. The van der Waals surface area contributed by atoms with Crippen LogP contribution in [0.4, 0.5) is 0 Å². The molecule has 2 aromatic rings. The molecule has 0 spiro atoms. The van der Waals surface area contributed by atoms with Gasteiger partial charge < -0.3 is 15.5 Å². The van der Waals surface area contributed by atoms with Crippen LogP contribution in [-0.4, -0.2) is 17.1 Å². The molecular formula is C13H17N3O. The van der Waals surface area contributed by atoms with Crippen molar-refractivity contribution in [2.75, 3.05) is 7.11 Å². The zero-order valence-corrected chi connectivity index (χ0v) is 10.3. The van der Waals surface area contributed by atoms with E-state index in [0.717, 1.165) is 22.8 Å². The fourth-order valence-electron chi connectivity index (χ4n) is 1.74. The number of nitrogens with zero attached hydrogens (tertiary/aromatic N) is 1. The number of nitrogens with one attached hydrogen (secondary N) is 1. The van der Waals surface area contributed by atoms with Crippen molar-refractivity contribution in [2.45, 2.75) is 19.9 Å². The third-order valence-electron chi connectivity index (χ3n) is 2.67. The van der Waals surface area contributed by atoms with E-state index in [2.05, 4.69) is 16.0 Å². The molecule has 0 aliphatic rings. The van der Waals surface area contributed by atoms with Crippen LogP contribution in [0.3, 0.4) is 0 Å². The Morgan fingerprint density at radius 3 is 2.76 bits per heavy atom. The highest BCUT2D eigenvalue weighted by Crippen LogP contribution is 2.29. The largest absolute Gasteiger partial charge is 0.496 e. The Morgan fingerprint density at radius 2 is 2.18 bits per heavy atom. The van der Waals surface area contributed by atoms with Gasteiger partial charge in [-0.1, -0.05) is 11.6 Å². The number of ether oxygens (including phenoxy) is 1. The SMILES string of the molecule is COc1ccc(C)cc1-c1cnc(C(C)N)[nH]1. The van der Waals surface area contributed by atoms with Crippen LogP contribution in [0.5, 0.6) is 5.75 Å². The van der Waals surface area contributed by atoms with E-state index in [9.17, 15) is 0 Å². The minimum absolute atomic E-state index is 0.0976. The molecule has 0 aliphatic carbocycles. The molecule has 0 bridgehead atoms. The van der Waals surface area contributed by atoms with Gasteiger partial charge in [-0.3, -0.25) is 0 Å². The lowest BCUT2D eigenvalue weighted by atomic mass is 10.1. The number of hydrogen-bond donors (Lipinski definition) is 2. The average Bonchev–Trinajstić information content (AvgIpc) is 2.78. The van der Waals surface area contributed by atoms with Gasteiger partial charge in [-0.05, 0) is 26.0 Å². The highest BCUT2D eigenvalue weighted by atomic mass is 16.5. The predicted octanol–water partition coefficient (Wildman–Crippen LogP) is 2.41. The fraction of sp³-hybridized carbons (Fsp3) is 0.308. The van der Waals surface area contributed by atoms with E-state index in [-0.39, 0.29) is 6.04 Å². The number of rotatable bonds is 3. The molecule has 0 amide bonds. The Kier molecular flexibility index (Phi) is 3.15. The maximum atomic E-state index is 5.78. The molecule has 2 rings (SSSR count). The molecule has 17 heavy (non-hydrogen) atoms. The molecule has 1 aromatic carbocycles. The molecule has 1 aromatic heterocycles. The van der Waals surface area contributed by atoms with E-state index in [4.69, 9.17) is 10.5 Å². The van der Waals surface area contributed by atoms with E-state index in [1.54, 1.807) is 13.3 Å². The zero-order valence-electron chi connectivity index (χ0n) is 10.3. The van der Waals surface area contributed by atoms with E-state index < -0.39 is 0 Å². The molecule has 1 heterocycles. The summed E-state index contributed by atoms with van der Waals surface area (Å²) in [6.45, 7) is 3.95. The molecule has 1 unspecified atom stereocenters. The molecule has 90 valence electrons. The van der Waals surface area contributed by atoms with Crippen LogP contribution in [-0.2, 0) is 0 Å². The third-order valence-corrected chi connectivity index (χ3v) is 2.67. The summed E-state index contributed by atoms with van der Waals surface area (Å²) >= 11 is 0. The maximum Gasteiger partial charge on any atom is 0.128 e. The molecule has 4 nitrogen and oxygen atoms in total. The van der Waals surface area contributed by atoms with Crippen molar-refractivity contribution in [1.82, 2.24) is 9.97 Å². The van der Waals surface area contributed by atoms with Gasteiger partial charge in [0, 0.05) is 5.56 Å². The van der Waals surface area contributed by atoms with Gasteiger partial charge in [-0.15, -0.1) is 0 Å². The zero-order chi connectivity index (χ0) is 12.4. The first kappa shape index (κ1) is 11.7. The minimum atomic E-state index is -0.0976. The monoisotopic (exact) mass is 231 g/mol. The van der Waals surface area contributed by atoms with Gasteiger partial charge in [0.2, 0.25) is 0 Å². The van der Waals surface area contributed by atoms with Crippen molar-refractivity contribution in [1.29, 1.82) is 0 Å². The molecule has 0 radical (unpaired) electrons. The average molecular weight is 231 g/mol. The lowest BCUT2D eigenvalue weighted by Gasteiger charge is -2.07. The van der Waals surface area contributed by atoms with Crippen LogP contribution in [0.15, 0.2) is 24.4 Å². The Labute approximate surface area is 101 Å². The Balaban J connectivity index is 2.47. The van der Waals surface area contributed by atoms with E-state index in [0.29, 0.717) is 0 Å². The summed E-state index contributed by atoms with van der Waals surface area (Å²) in [5.74, 6) is 1.61. The van der Waals surface area contributed by atoms with E-state index in [1.165, 1.54) is 5.56 Å². The molecule has 1 atom stereocenters. The summed E-state index contributed by atoms with van der Waals surface area (Å²) < 4.78 is 5.35. The van der Waals surface area contributed by atoms with Crippen LogP contribution < -0.4 is 10.5 Å². The van der Waals surface area contributed by atoms with Gasteiger partial charge in [-0.25, -0.2) is 4.98 Å². The van der Waals surface area contributed by atoms with Crippen LogP contribution >= 0.6 is 0 Å².